The van der Waals surface area contributed by atoms with E-state index in [-0.39, 0.29) is 5.91 Å². The molecule has 0 aliphatic heterocycles. The van der Waals surface area contributed by atoms with E-state index in [4.69, 9.17) is 17.3 Å². The summed E-state index contributed by atoms with van der Waals surface area (Å²) >= 11 is 6.10. The molecule has 0 aliphatic carbocycles. The summed E-state index contributed by atoms with van der Waals surface area (Å²) in [6.45, 7) is 5.03. The van der Waals surface area contributed by atoms with Gasteiger partial charge < -0.3 is 10.6 Å². The van der Waals surface area contributed by atoms with Crippen LogP contribution in [-0.2, 0) is 6.54 Å². The van der Waals surface area contributed by atoms with Gasteiger partial charge in [0.25, 0.3) is 5.91 Å². The molecule has 0 radical (unpaired) electrons. The Balaban J connectivity index is 2.22. The molecule has 21 heavy (non-hydrogen) atoms. The molecule has 2 aromatic carbocycles. The zero-order valence-corrected chi connectivity index (χ0v) is 13.0. The molecule has 0 aromatic heterocycles. The Bertz CT molecular complexity index is 638. The molecule has 0 unspecified atom stereocenters. The number of anilines is 1. The maximum Gasteiger partial charge on any atom is 0.254 e. The lowest BCUT2D eigenvalue weighted by Gasteiger charge is -2.22. The Labute approximate surface area is 130 Å². The van der Waals surface area contributed by atoms with E-state index in [1.807, 2.05) is 44.2 Å². The van der Waals surface area contributed by atoms with Gasteiger partial charge in [-0.2, -0.15) is 0 Å². The normalized spacial score (nSPS) is 10.4. The van der Waals surface area contributed by atoms with Crippen LogP contribution in [0.15, 0.2) is 42.5 Å². The van der Waals surface area contributed by atoms with Crippen LogP contribution < -0.4 is 5.73 Å². The monoisotopic (exact) mass is 302 g/mol. The Morgan fingerprint density at radius 1 is 1.19 bits per heavy atom. The number of hydrogen-bond acceptors (Lipinski definition) is 2. The molecule has 2 aromatic rings. The summed E-state index contributed by atoms with van der Waals surface area (Å²) in [5.41, 5.74) is 8.93. The summed E-state index contributed by atoms with van der Waals surface area (Å²) in [5.74, 6) is -0.00525. The largest absolute Gasteiger partial charge is 0.399 e. The third kappa shape index (κ3) is 3.56. The van der Waals surface area contributed by atoms with E-state index in [9.17, 15) is 4.79 Å². The van der Waals surface area contributed by atoms with Gasteiger partial charge in [-0.15, -0.1) is 0 Å². The highest BCUT2D eigenvalue weighted by Crippen LogP contribution is 2.21. The maximum atomic E-state index is 12.7. The van der Waals surface area contributed by atoms with E-state index in [0.717, 1.165) is 16.8 Å². The molecule has 110 valence electrons. The molecule has 0 fully saturated rings. The van der Waals surface area contributed by atoms with Crippen LogP contribution in [0.2, 0.25) is 5.02 Å². The molecule has 2 N–H and O–H groups in total. The summed E-state index contributed by atoms with van der Waals surface area (Å²) in [4.78, 5) is 14.5. The van der Waals surface area contributed by atoms with Gasteiger partial charge in [0, 0.05) is 29.4 Å². The van der Waals surface area contributed by atoms with Gasteiger partial charge in [0.15, 0.2) is 0 Å². The number of rotatable bonds is 4. The second-order valence-electron chi connectivity index (χ2n) is 4.97. The SMILES string of the molecule is CCN(Cc1ccc(N)cc1)C(=O)c1cccc(Cl)c1C. The molecule has 2 rings (SSSR count). The molecular weight excluding hydrogens is 284 g/mol. The zero-order chi connectivity index (χ0) is 15.4. The molecule has 0 spiro atoms. The van der Waals surface area contributed by atoms with Crippen molar-refractivity contribution < 1.29 is 4.79 Å². The molecule has 0 saturated carbocycles. The summed E-state index contributed by atoms with van der Waals surface area (Å²) in [7, 11) is 0. The van der Waals surface area contributed by atoms with Crippen molar-refractivity contribution in [3.8, 4) is 0 Å². The van der Waals surface area contributed by atoms with Crippen molar-refractivity contribution in [2.75, 3.05) is 12.3 Å². The van der Waals surface area contributed by atoms with E-state index >= 15 is 0 Å². The number of benzene rings is 2. The quantitative estimate of drug-likeness (QED) is 0.871. The van der Waals surface area contributed by atoms with Crippen LogP contribution in [0.5, 0.6) is 0 Å². The van der Waals surface area contributed by atoms with Crippen LogP contribution in [0.3, 0.4) is 0 Å². The summed E-state index contributed by atoms with van der Waals surface area (Å²) < 4.78 is 0. The van der Waals surface area contributed by atoms with E-state index in [0.29, 0.717) is 23.7 Å². The lowest BCUT2D eigenvalue weighted by Crippen LogP contribution is -2.30. The van der Waals surface area contributed by atoms with Gasteiger partial charge in [-0.05, 0) is 49.2 Å². The minimum atomic E-state index is -0.00525. The van der Waals surface area contributed by atoms with Crippen LogP contribution in [-0.4, -0.2) is 17.4 Å². The summed E-state index contributed by atoms with van der Waals surface area (Å²) in [6, 6.07) is 13.0. The number of nitrogens with two attached hydrogens (primary N) is 1. The molecule has 0 atom stereocenters. The van der Waals surface area contributed by atoms with Crippen LogP contribution in [0.1, 0.15) is 28.4 Å². The number of carbonyl (C=O) groups excluding carboxylic acids is 1. The Hall–Kier alpha value is -2.00. The Morgan fingerprint density at radius 3 is 2.48 bits per heavy atom. The van der Waals surface area contributed by atoms with Crippen molar-refractivity contribution in [1.82, 2.24) is 4.90 Å². The standard InChI is InChI=1S/C17H19ClN2O/c1-3-20(11-13-7-9-14(19)10-8-13)17(21)15-5-4-6-16(18)12(15)2/h4-10H,3,11,19H2,1-2H3. The number of carbonyl (C=O) groups is 1. The number of nitrogen functional groups attached to an aromatic ring is 1. The average molecular weight is 303 g/mol. The fraction of sp³-hybridized carbons (Fsp3) is 0.235. The van der Waals surface area contributed by atoms with Crippen LogP contribution in [0, 0.1) is 6.92 Å². The lowest BCUT2D eigenvalue weighted by molar-refractivity contribution is 0.0752. The van der Waals surface area contributed by atoms with Gasteiger partial charge in [0.1, 0.15) is 0 Å². The number of halogens is 1. The predicted molar refractivity (Wildman–Crippen MR) is 87.5 cm³/mol. The summed E-state index contributed by atoms with van der Waals surface area (Å²) in [5, 5.41) is 0.615. The molecule has 4 heteroatoms. The molecule has 1 amide bonds. The maximum absolute atomic E-state index is 12.7. The number of hydrogen-bond donors (Lipinski definition) is 1. The smallest absolute Gasteiger partial charge is 0.254 e. The third-order valence-electron chi connectivity index (χ3n) is 3.52. The van der Waals surface area contributed by atoms with Crippen molar-refractivity contribution in [3.05, 3.63) is 64.2 Å². The molecule has 0 bridgehead atoms. The highest BCUT2D eigenvalue weighted by Gasteiger charge is 2.17. The lowest BCUT2D eigenvalue weighted by atomic mass is 10.1. The molecule has 0 aliphatic rings. The minimum Gasteiger partial charge on any atom is -0.399 e. The first-order chi connectivity index (χ1) is 10.0. The minimum absolute atomic E-state index is 0.00525. The van der Waals surface area contributed by atoms with Crippen molar-refractivity contribution in [2.24, 2.45) is 0 Å². The fourth-order valence-corrected chi connectivity index (χ4v) is 2.35. The average Bonchev–Trinajstić information content (AvgIpc) is 2.49. The van der Waals surface area contributed by atoms with Gasteiger partial charge in [0.05, 0.1) is 0 Å². The van der Waals surface area contributed by atoms with Gasteiger partial charge in [-0.3, -0.25) is 4.79 Å². The van der Waals surface area contributed by atoms with Crippen LogP contribution >= 0.6 is 11.6 Å². The van der Waals surface area contributed by atoms with Crippen molar-refractivity contribution >= 4 is 23.2 Å². The first-order valence-corrected chi connectivity index (χ1v) is 7.29. The van der Waals surface area contributed by atoms with E-state index in [2.05, 4.69) is 0 Å². The number of amides is 1. The van der Waals surface area contributed by atoms with Gasteiger partial charge in [0.2, 0.25) is 0 Å². The van der Waals surface area contributed by atoms with Crippen molar-refractivity contribution in [3.63, 3.8) is 0 Å². The number of nitrogens with zero attached hydrogens (tertiary/aromatic N) is 1. The van der Waals surface area contributed by atoms with E-state index in [1.54, 1.807) is 17.0 Å². The molecule has 0 saturated heterocycles. The second kappa shape index (κ2) is 6.64. The topological polar surface area (TPSA) is 46.3 Å². The fourth-order valence-electron chi connectivity index (χ4n) is 2.18. The predicted octanol–water partition coefficient (Wildman–Crippen LogP) is 3.89. The van der Waals surface area contributed by atoms with Gasteiger partial charge in [-0.25, -0.2) is 0 Å². The highest BCUT2D eigenvalue weighted by atomic mass is 35.5. The van der Waals surface area contributed by atoms with Gasteiger partial charge >= 0.3 is 0 Å². The van der Waals surface area contributed by atoms with Crippen molar-refractivity contribution in [1.29, 1.82) is 0 Å². The summed E-state index contributed by atoms with van der Waals surface area (Å²) in [6.07, 6.45) is 0. The Morgan fingerprint density at radius 2 is 1.86 bits per heavy atom. The van der Waals surface area contributed by atoms with Crippen molar-refractivity contribution in [2.45, 2.75) is 20.4 Å². The first-order valence-electron chi connectivity index (χ1n) is 6.91. The van der Waals surface area contributed by atoms with Crippen LogP contribution in [0.4, 0.5) is 5.69 Å². The Kier molecular flexibility index (Phi) is 4.86. The van der Waals surface area contributed by atoms with Crippen LogP contribution in [0.25, 0.3) is 0 Å². The second-order valence-corrected chi connectivity index (χ2v) is 5.38. The molecule has 0 heterocycles. The molecular formula is C17H19ClN2O. The zero-order valence-electron chi connectivity index (χ0n) is 12.3. The van der Waals surface area contributed by atoms with E-state index in [1.165, 1.54) is 0 Å². The first kappa shape index (κ1) is 15.4. The molecule has 3 nitrogen and oxygen atoms in total. The highest BCUT2D eigenvalue weighted by molar-refractivity contribution is 6.31. The van der Waals surface area contributed by atoms with E-state index < -0.39 is 0 Å². The third-order valence-corrected chi connectivity index (χ3v) is 3.93. The van der Waals surface area contributed by atoms with Gasteiger partial charge in [-0.1, -0.05) is 29.8 Å².